The predicted octanol–water partition coefficient (Wildman–Crippen LogP) is 1.16. The van der Waals surface area contributed by atoms with Crippen molar-refractivity contribution in [2.45, 2.75) is 51.1 Å². The number of ether oxygens (including phenoxy) is 1. The molecular formula is C13H24N2O2. The minimum atomic E-state index is 0.0460. The van der Waals surface area contributed by atoms with E-state index in [4.69, 9.17) is 4.74 Å². The summed E-state index contributed by atoms with van der Waals surface area (Å²) in [4.78, 5) is 14.5. The normalized spacial score (nSPS) is 31.0. The number of amides is 1. The van der Waals surface area contributed by atoms with Gasteiger partial charge < -0.3 is 15.0 Å². The molecular weight excluding hydrogens is 216 g/mol. The maximum atomic E-state index is 12.5. The van der Waals surface area contributed by atoms with Gasteiger partial charge in [-0.15, -0.1) is 0 Å². The summed E-state index contributed by atoms with van der Waals surface area (Å²) in [5.74, 6) is 0.294. The van der Waals surface area contributed by atoms with Crippen molar-refractivity contribution in [2.24, 2.45) is 0 Å². The fraction of sp³-hybridized carbons (Fsp3) is 0.923. The molecule has 0 aromatic carbocycles. The van der Waals surface area contributed by atoms with Crippen LogP contribution in [0.3, 0.4) is 0 Å². The smallest absolute Gasteiger partial charge is 0.240 e. The van der Waals surface area contributed by atoms with Crippen molar-refractivity contribution in [3.05, 3.63) is 0 Å². The molecule has 2 unspecified atom stereocenters. The molecule has 2 saturated heterocycles. The lowest BCUT2D eigenvalue weighted by molar-refractivity contribution is -0.142. The van der Waals surface area contributed by atoms with Gasteiger partial charge >= 0.3 is 0 Å². The first-order chi connectivity index (χ1) is 8.33. The number of hydrogen-bond acceptors (Lipinski definition) is 3. The standard InChI is InChI=1S/C13H24N2O2/c1-2-11-10-17-9-8-15(11)13(16)12-6-4-3-5-7-14-12/h11-12,14H,2-10H2,1H3. The number of morpholine rings is 1. The molecule has 2 fully saturated rings. The SMILES string of the molecule is CCC1COCCN1C(=O)C1CCCCCN1. The van der Waals surface area contributed by atoms with Gasteiger partial charge in [0.25, 0.3) is 0 Å². The maximum absolute atomic E-state index is 12.5. The molecule has 1 N–H and O–H groups in total. The Balaban J connectivity index is 1.96. The molecule has 0 radical (unpaired) electrons. The Hall–Kier alpha value is -0.610. The summed E-state index contributed by atoms with van der Waals surface area (Å²) in [6.45, 7) is 5.26. The minimum Gasteiger partial charge on any atom is -0.377 e. The van der Waals surface area contributed by atoms with E-state index >= 15 is 0 Å². The fourth-order valence-electron chi connectivity index (χ4n) is 2.72. The van der Waals surface area contributed by atoms with E-state index < -0.39 is 0 Å². The average molecular weight is 240 g/mol. The lowest BCUT2D eigenvalue weighted by Gasteiger charge is -2.37. The van der Waals surface area contributed by atoms with Gasteiger partial charge in [0, 0.05) is 6.54 Å². The summed E-state index contributed by atoms with van der Waals surface area (Å²) in [6, 6.07) is 0.325. The van der Waals surface area contributed by atoms with Crippen LogP contribution in [0.1, 0.15) is 39.0 Å². The summed E-state index contributed by atoms with van der Waals surface area (Å²) in [5.41, 5.74) is 0. The second kappa shape index (κ2) is 6.36. The van der Waals surface area contributed by atoms with Gasteiger partial charge in [-0.2, -0.15) is 0 Å². The number of rotatable bonds is 2. The van der Waals surface area contributed by atoms with Gasteiger partial charge in [0.15, 0.2) is 0 Å². The van der Waals surface area contributed by atoms with Gasteiger partial charge in [0.05, 0.1) is 25.3 Å². The van der Waals surface area contributed by atoms with Crippen LogP contribution >= 0.6 is 0 Å². The lowest BCUT2D eigenvalue weighted by atomic mass is 10.1. The number of hydrogen-bond donors (Lipinski definition) is 1. The molecule has 98 valence electrons. The van der Waals surface area contributed by atoms with Gasteiger partial charge in [-0.3, -0.25) is 4.79 Å². The van der Waals surface area contributed by atoms with Gasteiger partial charge in [-0.25, -0.2) is 0 Å². The number of carbonyl (C=O) groups excluding carboxylic acids is 1. The third-order valence-corrected chi connectivity index (χ3v) is 3.84. The van der Waals surface area contributed by atoms with Gasteiger partial charge in [-0.05, 0) is 25.8 Å². The van der Waals surface area contributed by atoms with Crippen LogP contribution in [0.15, 0.2) is 0 Å². The molecule has 2 heterocycles. The molecule has 0 aromatic rings. The molecule has 4 nitrogen and oxygen atoms in total. The lowest BCUT2D eigenvalue weighted by Crippen LogP contribution is -2.54. The highest BCUT2D eigenvalue weighted by molar-refractivity contribution is 5.82. The summed E-state index contributed by atoms with van der Waals surface area (Å²) in [6.07, 6.45) is 5.59. The van der Waals surface area contributed by atoms with E-state index in [1.807, 2.05) is 4.90 Å². The summed E-state index contributed by atoms with van der Waals surface area (Å²) in [7, 11) is 0. The maximum Gasteiger partial charge on any atom is 0.240 e. The Kier molecular flexibility index (Phi) is 4.80. The van der Waals surface area contributed by atoms with Crippen molar-refractivity contribution in [1.82, 2.24) is 10.2 Å². The van der Waals surface area contributed by atoms with Crippen LogP contribution in [-0.2, 0) is 9.53 Å². The van der Waals surface area contributed by atoms with Crippen LogP contribution in [0.4, 0.5) is 0 Å². The molecule has 0 aromatic heterocycles. The third kappa shape index (κ3) is 3.19. The number of nitrogens with one attached hydrogen (secondary N) is 1. The van der Waals surface area contributed by atoms with Crippen molar-refractivity contribution in [1.29, 1.82) is 0 Å². The highest BCUT2D eigenvalue weighted by Crippen LogP contribution is 2.16. The second-order valence-corrected chi connectivity index (χ2v) is 5.02. The van der Waals surface area contributed by atoms with E-state index in [0.29, 0.717) is 19.1 Å². The first kappa shape index (κ1) is 12.8. The molecule has 4 heteroatoms. The molecule has 1 amide bonds. The molecule has 0 spiro atoms. The van der Waals surface area contributed by atoms with E-state index in [0.717, 1.165) is 25.9 Å². The van der Waals surface area contributed by atoms with Crippen molar-refractivity contribution in [3.8, 4) is 0 Å². The Bertz CT molecular complexity index is 250. The highest BCUT2D eigenvalue weighted by atomic mass is 16.5. The Morgan fingerprint density at radius 3 is 3.12 bits per heavy atom. The van der Waals surface area contributed by atoms with Gasteiger partial charge in [-0.1, -0.05) is 19.8 Å². The monoisotopic (exact) mass is 240 g/mol. The molecule has 0 aliphatic carbocycles. The zero-order chi connectivity index (χ0) is 12.1. The molecule has 17 heavy (non-hydrogen) atoms. The van der Waals surface area contributed by atoms with Crippen molar-refractivity contribution >= 4 is 5.91 Å². The first-order valence-electron chi connectivity index (χ1n) is 6.94. The fourth-order valence-corrected chi connectivity index (χ4v) is 2.72. The van der Waals surface area contributed by atoms with E-state index in [1.54, 1.807) is 0 Å². The third-order valence-electron chi connectivity index (χ3n) is 3.84. The predicted molar refractivity (Wildman–Crippen MR) is 66.9 cm³/mol. The Morgan fingerprint density at radius 2 is 2.29 bits per heavy atom. The summed E-state index contributed by atoms with van der Waals surface area (Å²) < 4.78 is 5.45. The quantitative estimate of drug-likeness (QED) is 0.787. The highest BCUT2D eigenvalue weighted by Gasteiger charge is 2.31. The topological polar surface area (TPSA) is 41.6 Å². The molecule has 2 aliphatic rings. The van der Waals surface area contributed by atoms with Gasteiger partial charge in [0.1, 0.15) is 0 Å². The minimum absolute atomic E-state index is 0.0460. The van der Waals surface area contributed by atoms with Crippen molar-refractivity contribution in [3.63, 3.8) is 0 Å². The van der Waals surface area contributed by atoms with E-state index in [-0.39, 0.29) is 12.1 Å². The number of carbonyl (C=O) groups is 1. The van der Waals surface area contributed by atoms with Crippen LogP contribution in [-0.4, -0.2) is 49.2 Å². The van der Waals surface area contributed by atoms with E-state index in [9.17, 15) is 4.79 Å². The number of nitrogens with zero attached hydrogens (tertiary/aromatic N) is 1. The van der Waals surface area contributed by atoms with Crippen LogP contribution < -0.4 is 5.32 Å². The average Bonchev–Trinajstić information content (AvgIpc) is 2.66. The molecule has 2 aliphatic heterocycles. The van der Waals surface area contributed by atoms with E-state index in [2.05, 4.69) is 12.2 Å². The Morgan fingerprint density at radius 1 is 1.41 bits per heavy atom. The molecule has 0 bridgehead atoms. The van der Waals surface area contributed by atoms with Crippen LogP contribution in [0.2, 0.25) is 0 Å². The molecule has 2 rings (SSSR count). The van der Waals surface area contributed by atoms with Crippen LogP contribution in [0.5, 0.6) is 0 Å². The molecule has 0 saturated carbocycles. The van der Waals surface area contributed by atoms with Gasteiger partial charge in [0.2, 0.25) is 5.91 Å². The largest absolute Gasteiger partial charge is 0.377 e. The Labute approximate surface area is 104 Å². The molecule has 2 atom stereocenters. The van der Waals surface area contributed by atoms with Crippen LogP contribution in [0.25, 0.3) is 0 Å². The van der Waals surface area contributed by atoms with E-state index in [1.165, 1.54) is 19.3 Å². The first-order valence-corrected chi connectivity index (χ1v) is 6.94. The van der Waals surface area contributed by atoms with Crippen LogP contribution in [0, 0.1) is 0 Å². The summed E-state index contributed by atoms with van der Waals surface area (Å²) in [5, 5.41) is 3.39. The van der Waals surface area contributed by atoms with Crippen molar-refractivity contribution in [2.75, 3.05) is 26.3 Å². The van der Waals surface area contributed by atoms with Crippen molar-refractivity contribution < 1.29 is 9.53 Å². The second-order valence-electron chi connectivity index (χ2n) is 5.02. The zero-order valence-corrected chi connectivity index (χ0v) is 10.8. The summed E-state index contributed by atoms with van der Waals surface area (Å²) >= 11 is 0. The zero-order valence-electron chi connectivity index (χ0n) is 10.8.